The summed E-state index contributed by atoms with van der Waals surface area (Å²) in [4.78, 5) is 0. The van der Waals surface area contributed by atoms with Gasteiger partial charge in [0.2, 0.25) is 0 Å². The van der Waals surface area contributed by atoms with Crippen LogP contribution in [0.3, 0.4) is 0 Å². The molecule has 0 spiro atoms. The predicted octanol–water partition coefficient (Wildman–Crippen LogP) is 0.904. The van der Waals surface area contributed by atoms with Crippen molar-refractivity contribution in [3.05, 3.63) is 9.91 Å². The molecule has 0 unspecified atom stereocenters. The van der Waals surface area contributed by atoms with Crippen molar-refractivity contribution in [3.63, 3.8) is 0 Å². The van der Waals surface area contributed by atoms with E-state index in [2.05, 4.69) is 0 Å². The van der Waals surface area contributed by atoms with Gasteiger partial charge in [0.15, 0.2) is 3.93 Å². The Kier molecular flexibility index (Phi) is 5.33. The van der Waals surface area contributed by atoms with Crippen LogP contribution in [0.1, 0.15) is 0 Å². The van der Waals surface area contributed by atoms with Gasteiger partial charge in [0, 0.05) is 5.92 Å². The van der Waals surface area contributed by atoms with E-state index in [1.165, 1.54) is 0 Å². The minimum absolute atomic E-state index is 0.137. The second-order valence-electron chi connectivity index (χ2n) is 2.49. The molecular weight excluding hydrogens is 401 g/mol. The van der Waals surface area contributed by atoms with Gasteiger partial charge in [-0.05, 0) is 0 Å². The summed E-state index contributed by atoms with van der Waals surface area (Å²) < 4.78 is 117. The Bertz CT molecular complexity index is 373. The summed E-state index contributed by atoms with van der Waals surface area (Å²) in [6.45, 7) is 0. The SMILES string of the molecule is FC(F)=C(F)[I+]C#CC(F)(C(F)(F)F)C(F)(F)F. The number of hydrogen-bond acceptors (Lipinski definition) is 0. The van der Waals surface area contributed by atoms with Gasteiger partial charge in [0.25, 0.3) is 0 Å². The summed E-state index contributed by atoms with van der Waals surface area (Å²) in [5.41, 5.74) is -5.87. The molecule has 0 aromatic rings. The van der Waals surface area contributed by atoms with Gasteiger partial charge >= 0.3 is 49.1 Å². The third kappa shape index (κ3) is 3.92. The first kappa shape index (κ1) is 17.3. The second kappa shape index (κ2) is 5.54. The summed E-state index contributed by atoms with van der Waals surface area (Å²) >= 11 is -2.78. The van der Waals surface area contributed by atoms with E-state index in [0.717, 1.165) is 3.93 Å². The zero-order chi connectivity index (χ0) is 14.8. The molecule has 0 aromatic carbocycles. The number of hydrogen-bond donors (Lipinski definition) is 0. The third-order valence-corrected chi connectivity index (χ3v) is 2.69. The maximum Gasteiger partial charge on any atom is 0.459 e. The first-order chi connectivity index (χ1) is 7.83. The Morgan fingerprint density at radius 2 is 1.17 bits per heavy atom. The van der Waals surface area contributed by atoms with Crippen LogP contribution in [0.25, 0.3) is 0 Å². The van der Waals surface area contributed by atoms with Crippen LogP contribution in [-0.4, -0.2) is 18.0 Å². The van der Waals surface area contributed by atoms with Crippen molar-refractivity contribution < 1.29 is 65.1 Å². The molecule has 0 saturated carbocycles. The molecule has 0 fully saturated rings. The van der Waals surface area contributed by atoms with E-state index in [1.54, 1.807) is 0 Å². The smallest absolute Gasteiger partial charge is 0.209 e. The van der Waals surface area contributed by atoms with Crippen molar-refractivity contribution >= 4 is 0 Å². The van der Waals surface area contributed by atoms with Gasteiger partial charge in [-0.1, -0.05) is 0 Å². The van der Waals surface area contributed by atoms with E-state index in [9.17, 15) is 43.9 Å². The molecule has 0 atom stereocenters. The van der Waals surface area contributed by atoms with Crippen LogP contribution in [0.4, 0.5) is 43.9 Å². The summed E-state index contributed by atoms with van der Waals surface area (Å²) in [6, 6.07) is 0. The molecule has 0 radical (unpaired) electrons. The highest BCUT2D eigenvalue weighted by Gasteiger charge is 2.72. The zero-order valence-electron chi connectivity index (χ0n) is 7.66. The lowest BCUT2D eigenvalue weighted by Crippen LogP contribution is -3.58. The van der Waals surface area contributed by atoms with Crippen molar-refractivity contribution in [1.82, 2.24) is 0 Å². The van der Waals surface area contributed by atoms with Crippen LogP contribution in [0, 0.1) is 9.85 Å². The molecule has 0 nitrogen and oxygen atoms in total. The number of halogens is 11. The molecule has 0 N–H and O–H groups in total. The number of rotatable bonds is 1. The van der Waals surface area contributed by atoms with Crippen LogP contribution in [0.5, 0.6) is 0 Å². The molecule has 0 aliphatic heterocycles. The minimum Gasteiger partial charge on any atom is -0.209 e. The average molecular weight is 401 g/mol. The van der Waals surface area contributed by atoms with Gasteiger partial charge < -0.3 is 0 Å². The van der Waals surface area contributed by atoms with Crippen LogP contribution in [0.15, 0.2) is 9.91 Å². The lowest BCUT2D eigenvalue weighted by molar-refractivity contribution is -0.537. The molecule has 0 bridgehead atoms. The molecule has 18 heavy (non-hydrogen) atoms. The molecule has 0 aliphatic carbocycles. The maximum atomic E-state index is 12.7. The first-order valence-corrected chi connectivity index (χ1v) is 5.68. The summed E-state index contributed by atoms with van der Waals surface area (Å²) in [5, 5.41) is 0. The van der Waals surface area contributed by atoms with E-state index in [1.807, 2.05) is 0 Å². The Morgan fingerprint density at radius 3 is 1.44 bits per heavy atom. The van der Waals surface area contributed by atoms with Gasteiger partial charge in [0.05, 0.1) is 0 Å². The van der Waals surface area contributed by atoms with Gasteiger partial charge in [-0.15, -0.1) is 4.39 Å². The van der Waals surface area contributed by atoms with Gasteiger partial charge in [-0.2, -0.15) is 35.1 Å². The number of alkyl halides is 7. The summed E-state index contributed by atoms with van der Waals surface area (Å²) in [7, 11) is 0. The van der Waals surface area contributed by atoms with Crippen molar-refractivity contribution in [2.24, 2.45) is 0 Å². The first-order valence-electron chi connectivity index (χ1n) is 3.52. The van der Waals surface area contributed by atoms with E-state index in [0.29, 0.717) is 0 Å². The predicted molar refractivity (Wildman–Crippen MR) is 34.1 cm³/mol. The highest BCUT2D eigenvalue weighted by Crippen LogP contribution is 2.45. The largest absolute Gasteiger partial charge is 0.459 e. The topological polar surface area (TPSA) is 0 Å². The molecule has 0 aromatic heterocycles. The molecule has 0 aliphatic rings. The third-order valence-electron chi connectivity index (χ3n) is 1.27. The van der Waals surface area contributed by atoms with Crippen LogP contribution >= 0.6 is 0 Å². The monoisotopic (exact) mass is 401 g/mol. The van der Waals surface area contributed by atoms with E-state index in [-0.39, 0.29) is 5.92 Å². The molecular formula is C7F10I+. The lowest BCUT2D eigenvalue weighted by Gasteiger charge is -2.23. The molecule has 11 heteroatoms. The van der Waals surface area contributed by atoms with Crippen LogP contribution < -0.4 is 21.2 Å². The fourth-order valence-corrected chi connectivity index (χ4v) is 1.42. The van der Waals surface area contributed by atoms with E-state index in [4.69, 9.17) is 0 Å². The Balaban J connectivity index is 5.33. The molecule has 0 saturated heterocycles. The van der Waals surface area contributed by atoms with Crippen molar-refractivity contribution in [1.29, 1.82) is 0 Å². The highest BCUT2D eigenvalue weighted by atomic mass is 127. The Labute approximate surface area is 103 Å². The Morgan fingerprint density at radius 1 is 0.778 bits per heavy atom. The maximum absolute atomic E-state index is 12.7. The molecule has 0 rings (SSSR count). The molecule has 104 valence electrons. The normalized spacial score (nSPS) is 12.8. The fourth-order valence-electron chi connectivity index (χ4n) is 0.468. The lowest BCUT2D eigenvalue weighted by atomic mass is 10.1. The van der Waals surface area contributed by atoms with Gasteiger partial charge in [0.1, 0.15) is 0 Å². The van der Waals surface area contributed by atoms with Gasteiger partial charge in [-0.3, -0.25) is 0 Å². The molecule has 0 heterocycles. The Hall–Kier alpha value is -0.670. The van der Waals surface area contributed by atoms with Crippen molar-refractivity contribution in [3.8, 4) is 9.85 Å². The fraction of sp³-hybridized carbons (Fsp3) is 0.429. The second-order valence-corrected chi connectivity index (χ2v) is 4.51. The van der Waals surface area contributed by atoms with E-state index >= 15 is 0 Å². The quantitative estimate of drug-likeness (QED) is 0.348. The van der Waals surface area contributed by atoms with Gasteiger partial charge in [-0.25, -0.2) is 4.39 Å². The van der Waals surface area contributed by atoms with E-state index < -0.39 is 49.1 Å². The minimum atomic E-state index is -6.41. The van der Waals surface area contributed by atoms with Crippen molar-refractivity contribution in [2.75, 3.05) is 0 Å². The standard InChI is InChI=1S/C7F10I/c8-3(9)4(10)18-2-1-5(11,6(12,13)14)7(15,16)17/q+1. The highest BCUT2D eigenvalue weighted by molar-refractivity contribution is 5.18. The zero-order valence-corrected chi connectivity index (χ0v) is 9.82. The summed E-state index contributed by atoms with van der Waals surface area (Å²) in [5.74, 6) is 0.137. The van der Waals surface area contributed by atoms with Crippen molar-refractivity contribution in [2.45, 2.75) is 18.0 Å². The molecule has 0 amide bonds. The van der Waals surface area contributed by atoms with Crippen LogP contribution in [-0.2, 0) is 0 Å². The summed E-state index contributed by atoms with van der Waals surface area (Å²) in [6.07, 6.45) is -15.7. The van der Waals surface area contributed by atoms with Crippen LogP contribution in [0.2, 0.25) is 0 Å². The average Bonchev–Trinajstić information content (AvgIpc) is 2.13.